The molecule has 1 heterocycles. The van der Waals surface area contributed by atoms with E-state index in [1.807, 2.05) is 0 Å². The number of fused-ring (bicyclic) bond motifs is 11. The molecule has 328 valence electrons. The largest absolute Gasteiger partial charge is 0.314 e. The normalized spacial score (nSPS) is 12.9. The standard InChI is InChI=1S/C68H46N2/c1-2-18-53(19-3-1)70-65-27-13-26-61(68(65)67-60-23-9-5-15-47(60)35-41-66(67)70)50-17-12-20-56(43-50)69(54-36-30-45(31-37-54)49-34-40-59-52(42-49)29-28-46-14-4-7-21-57(46)59)55-38-32-48(33-39-55)64-44-51-16-6-8-22-58(51)62-24-10-11-25-63(62)64/h1-32,34-38,40-44H,33,39H2. The van der Waals surface area contributed by atoms with Gasteiger partial charge < -0.3 is 9.47 Å². The first kappa shape index (κ1) is 40.1. The fourth-order valence-electron chi connectivity index (χ4n) is 11.6. The summed E-state index contributed by atoms with van der Waals surface area (Å²) < 4.78 is 2.44. The Morgan fingerprint density at radius 2 is 0.929 bits per heavy atom. The van der Waals surface area contributed by atoms with Gasteiger partial charge in [0.15, 0.2) is 0 Å². The van der Waals surface area contributed by atoms with Gasteiger partial charge in [0.05, 0.1) is 11.0 Å². The minimum Gasteiger partial charge on any atom is -0.314 e. The van der Waals surface area contributed by atoms with Crippen molar-refractivity contribution in [2.75, 3.05) is 4.90 Å². The zero-order chi connectivity index (χ0) is 46.1. The van der Waals surface area contributed by atoms with Gasteiger partial charge in [-0.15, -0.1) is 0 Å². The lowest BCUT2D eigenvalue weighted by molar-refractivity contribution is 0.931. The number of nitrogens with zero attached hydrogens (tertiary/aromatic N) is 2. The molecular weight excluding hydrogens is 845 g/mol. The van der Waals surface area contributed by atoms with E-state index >= 15 is 0 Å². The number of benzene rings is 12. The number of rotatable bonds is 7. The zero-order valence-electron chi connectivity index (χ0n) is 38.6. The molecule has 0 N–H and O–H groups in total. The molecule has 14 rings (SSSR count). The molecule has 70 heavy (non-hydrogen) atoms. The van der Waals surface area contributed by atoms with Crippen LogP contribution in [0.3, 0.4) is 0 Å². The van der Waals surface area contributed by atoms with Crippen molar-refractivity contribution in [3.8, 4) is 27.9 Å². The first-order valence-corrected chi connectivity index (χ1v) is 24.5. The quantitative estimate of drug-likeness (QED) is 0.145. The average Bonchev–Trinajstić information content (AvgIpc) is 3.79. The third-order valence-electron chi connectivity index (χ3n) is 14.8. The van der Waals surface area contributed by atoms with Crippen LogP contribution in [0.1, 0.15) is 18.4 Å². The van der Waals surface area contributed by atoms with Crippen LogP contribution in [-0.2, 0) is 0 Å². The van der Waals surface area contributed by atoms with Crippen molar-refractivity contribution >= 4 is 92.6 Å². The van der Waals surface area contributed by atoms with Gasteiger partial charge in [0.2, 0.25) is 0 Å². The van der Waals surface area contributed by atoms with E-state index < -0.39 is 0 Å². The monoisotopic (exact) mass is 890 g/mol. The van der Waals surface area contributed by atoms with E-state index in [9.17, 15) is 0 Å². The fraction of sp³-hybridized carbons (Fsp3) is 0.0294. The van der Waals surface area contributed by atoms with Gasteiger partial charge in [-0.1, -0.05) is 188 Å². The summed E-state index contributed by atoms with van der Waals surface area (Å²) in [5, 5.41) is 15.3. The Kier molecular flexibility index (Phi) is 9.38. The third-order valence-corrected chi connectivity index (χ3v) is 14.8. The van der Waals surface area contributed by atoms with Crippen molar-refractivity contribution in [1.29, 1.82) is 0 Å². The summed E-state index contributed by atoms with van der Waals surface area (Å²) in [5.74, 6) is 0. The van der Waals surface area contributed by atoms with Gasteiger partial charge in [-0.2, -0.15) is 0 Å². The topological polar surface area (TPSA) is 8.17 Å². The van der Waals surface area contributed by atoms with Gasteiger partial charge in [0.1, 0.15) is 0 Å². The summed E-state index contributed by atoms with van der Waals surface area (Å²) >= 11 is 0. The first-order chi connectivity index (χ1) is 34.7. The molecule has 0 spiro atoms. The number of allylic oxidation sites excluding steroid dienone is 4. The van der Waals surface area contributed by atoms with E-state index in [0.717, 1.165) is 29.9 Å². The van der Waals surface area contributed by atoms with Gasteiger partial charge in [0.25, 0.3) is 0 Å². The Bertz CT molecular complexity index is 4280. The van der Waals surface area contributed by atoms with E-state index in [2.05, 4.69) is 264 Å². The Morgan fingerprint density at radius 1 is 0.314 bits per heavy atom. The fourth-order valence-corrected chi connectivity index (χ4v) is 11.6. The number of hydrogen-bond donors (Lipinski definition) is 0. The maximum atomic E-state index is 2.49. The lowest BCUT2D eigenvalue weighted by Gasteiger charge is -2.30. The van der Waals surface area contributed by atoms with Gasteiger partial charge in [0, 0.05) is 33.5 Å². The van der Waals surface area contributed by atoms with Crippen LogP contribution in [0.4, 0.5) is 11.4 Å². The second-order valence-electron chi connectivity index (χ2n) is 18.7. The molecule has 0 saturated carbocycles. The van der Waals surface area contributed by atoms with Crippen molar-refractivity contribution < 1.29 is 0 Å². The Morgan fingerprint density at radius 3 is 1.73 bits per heavy atom. The minimum absolute atomic E-state index is 0.893. The number of anilines is 2. The van der Waals surface area contributed by atoms with E-state index in [1.54, 1.807) is 0 Å². The molecular formula is C68H46N2. The third kappa shape index (κ3) is 6.56. The maximum absolute atomic E-state index is 2.49. The van der Waals surface area contributed by atoms with E-state index in [4.69, 9.17) is 0 Å². The molecule has 13 aromatic rings. The summed E-state index contributed by atoms with van der Waals surface area (Å²) in [6.45, 7) is 0. The molecule has 0 unspecified atom stereocenters. The maximum Gasteiger partial charge on any atom is 0.0547 e. The van der Waals surface area contributed by atoms with Crippen LogP contribution >= 0.6 is 0 Å². The van der Waals surface area contributed by atoms with Crippen LogP contribution in [0.15, 0.2) is 261 Å². The molecule has 1 aromatic heterocycles. The van der Waals surface area contributed by atoms with E-state index in [-0.39, 0.29) is 0 Å². The number of hydrogen-bond acceptors (Lipinski definition) is 1. The molecule has 1 aliphatic rings. The highest BCUT2D eigenvalue weighted by Gasteiger charge is 2.23. The van der Waals surface area contributed by atoms with E-state index in [1.165, 1.54) is 115 Å². The molecule has 0 radical (unpaired) electrons. The average molecular weight is 891 g/mol. The van der Waals surface area contributed by atoms with Crippen LogP contribution in [0, 0.1) is 0 Å². The highest BCUT2D eigenvalue weighted by molar-refractivity contribution is 6.25. The molecule has 2 heteroatoms. The number of para-hydroxylation sites is 1. The lowest BCUT2D eigenvalue weighted by atomic mass is 9.89. The van der Waals surface area contributed by atoms with Crippen molar-refractivity contribution in [3.63, 3.8) is 0 Å². The smallest absolute Gasteiger partial charge is 0.0547 e. The highest BCUT2D eigenvalue weighted by Crippen LogP contribution is 2.45. The second-order valence-corrected chi connectivity index (χ2v) is 18.7. The summed E-state index contributed by atoms with van der Waals surface area (Å²) in [7, 11) is 0. The molecule has 0 bridgehead atoms. The van der Waals surface area contributed by atoms with Crippen molar-refractivity contribution in [1.82, 2.24) is 4.57 Å². The molecule has 12 aromatic carbocycles. The predicted molar refractivity (Wildman–Crippen MR) is 300 cm³/mol. The Labute approximate surface area is 406 Å². The molecule has 0 fully saturated rings. The molecule has 1 aliphatic carbocycles. The van der Waals surface area contributed by atoms with Crippen molar-refractivity contribution in [3.05, 3.63) is 266 Å². The molecule has 0 atom stereocenters. The molecule has 0 saturated heterocycles. The van der Waals surface area contributed by atoms with Gasteiger partial charge in [-0.25, -0.2) is 0 Å². The van der Waals surface area contributed by atoms with E-state index in [0.29, 0.717) is 0 Å². The first-order valence-electron chi connectivity index (χ1n) is 24.5. The van der Waals surface area contributed by atoms with Crippen LogP contribution in [0.2, 0.25) is 0 Å². The zero-order valence-corrected chi connectivity index (χ0v) is 38.6. The van der Waals surface area contributed by atoms with Crippen molar-refractivity contribution in [2.45, 2.75) is 12.8 Å². The second kappa shape index (κ2) is 16.4. The van der Waals surface area contributed by atoms with Crippen LogP contribution in [0.5, 0.6) is 0 Å². The predicted octanol–water partition coefficient (Wildman–Crippen LogP) is 18.8. The summed E-state index contributed by atoms with van der Waals surface area (Å²) in [5.41, 5.74) is 14.6. The van der Waals surface area contributed by atoms with Crippen LogP contribution in [0.25, 0.3) is 109 Å². The summed E-state index contributed by atoms with van der Waals surface area (Å²) in [6, 6.07) is 89.6. The summed E-state index contributed by atoms with van der Waals surface area (Å²) in [6.07, 6.45) is 6.57. The Hall–Kier alpha value is -8.98. The van der Waals surface area contributed by atoms with Crippen LogP contribution in [-0.4, -0.2) is 4.57 Å². The molecule has 0 amide bonds. The van der Waals surface area contributed by atoms with Crippen LogP contribution < -0.4 is 4.90 Å². The Balaban J connectivity index is 0.924. The van der Waals surface area contributed by atoms with Gasteiger partial charge in [-0.05, 0) is 167 Å². The molecule has 2 nitrogen and oxygen atoms in total. The SMILES string of the molecule is C1=C(c2cc3ccccc3c3ccccc23)CCC(N(c2ccc(-c3ccc4c(ccc5ccccc54)c3)cc2)c2cccc(-c3cccc4c3c3c5ccccc5ccc3n4-c3ccccc3)c2)=C1. The van der Waals surface area contributed by atoms with Crippen molar-refractivity contribution in [2.24, 2.45) is 0 Å². The highest BCUT2D eigenvalue weighted by atomic mass is 15.1. The lowest BCUT2D eigenvalue weighted by Crippen LogP contribution is -2.18. The van der Waals surface area contributed by atoms with Gasteiger partial charge >= 0.3 is 0 Å². The minimum atomic E-state index is 0.893. The number of aromatic nitrogens is 1. The summed E-state index contributed by atoms with van der Waals surface area (Å²) in [4.78, 5) is 2.49. The molecule has 0 aliphatic heterocycles. The van der Waals surface area contributed by atoms with Gasteiger partial charge in [-0.3, -0.25) is 0 Å².